The topological polar surface area (TPSA) is 59.8 Å². The van der Waals surface area contributed by atoms with Crippen molar-refractivity contribution in [3.8, 4) is 0 Å². The molecule has 124 valence electrons. The molecule has 0 unspecified atom stereocenters. The van der Waals surface area contributed by atoms with Crippen LogP contribution in [-0.4, -0.2) is 20.4 Å². The van der Waals surface area contributed by atoms with Crippen molar-refractivity contribution in [1.82, 2.24) is 14.5 Å². The highest BCUT2D eigenvalue weighted by Crippen LogP contribution is 2.21. The molecule has 0 radical (unpaired) electrons. The Balaban J connectivity index is 1.67. The van der Waals surface area contributed by atoms with E-state index < -0.39 is 0 Å². The van der Waals surface area contributed by atoms with Crippen molar-refractivity contribution in [3.05, 3.63) is 54.1 Å². The predicted octanol–water partition coefficient (Wildman–Crippen LogP) is 3.72. The summed E-state index contributed by atoms with van der Waals surface area (Å²) in [6.07, 6.45) is 5.72. The highest BCUT2D eigenvalue weighted by molar-refractivity contribution is 5.93. The van der Waals surface area contributed by atoms with Crippen molar-refractivity contribution in [1.29, 1.82) is 0 Å². The molecule has 3 rings (SSSR count). The zero-order valence-electron chi connectivity index (χ0n) is 14.1. The van der Waals surface area contributed by atoms with E-state index in [0.29, 0.717) is 12.8 Å². The highest BCUT2D eigenvalue weighted by atomic mass is 16.1. The lowest BCUT2D eigenvalue weighted by atomic mass is 10.1. The SMILES string of the molecule is CCCn1c(C)nc2cc(NC(=O)CCc3ccncc3)ccc21. The van der Waals surface area contributed by atoms with Gasteiger partial charge in [0, 0.05) is 31.0 Å². The quantitative estimate of drug-likeness (QED) is 0.752. The van der Waals surface area contributed by atoms with E-state index in [2.05, 4.69) is 26.8 Å². The van der Waals surface area contributed by atoms with Crippen LogP contribution in [0.2, 0.25) is 0 Å². The molecule has 1 aromatic carbocycles. The second-order valence-corrected chi connectivity index (χ2v) is 5.92. The lowest BCUT2D eigenvalue weighted by molar-refractivity contribution is -0.116. The first-order chi connectivity index (χ1) is 11.7. The molecule has 24 heavy (non-hydrogen) atoms. The molecular weight excluding hydrogens is 300 g/mol. The first kappa shape index (κ1) is 16.2. The molecule has 0 aliphatic heterocycles. The molecule has 0 spiro atoms. The Labute approximate surface area is 141 Å². The summed E-state index contributed by atoms with van der Waals surface area (Å²) < 4.78 is 2.21. The monoisotopic (exact) mass is 322 g/mol. The van der Waals surface area contributed by atoms with Crippen molar-refractivity contribution in [2.45, 2.75) is 39.7 Å². The van der Waals surface area contributed by atoms with E-state index >= 15 is 0 Å². The number of imidazole rings is 1. The molecule has 2 aromatic heterocycles. The van der Waals surface area contributed by atoms with Gasteiger partial charge in [0.15, 0.2) is 0 Å². The van der Waals surface area contributed by atoms with Gasteiger partial charge in [-0.1, -0.05) is 6.92 Å². The number of anilines is 1. The van der Waals surface area contributed by atoms with Gasteiger partial charge in [0.2, 0.25) is 5.91 Å². The number of carbonyl (C=O) groups excluding carboxylic acids is 1. The van der Waals surface area contributed by atoms with E-state index in [9.17, 15) is 4.79 Å². The molecule has 0 atom stereocenters. The zero-order chi connectivity index (χ0) is 16.9. The Bertz CT molecular complexity index is 839. The largest absolute Gasteiger partial charge is 0.328 e. The first-order valence-corrected chi connectivity index (χ1v) is 8.33. The molecule has 0 aliphatic rings. The Kier molecular flexibility index (Phi) is 4.89. The molecule has 5 heteroatoms. The molecule has 0 aliphatic carbocycles. The number of hydrogen-bond acceptors (Lipinski definition) is 3. The number of nitrogens with one attached hydrogen (secondary N) is 1. The van der Waals surface area contributed by atoms with Crippen molar-refractivity contribution in [2.75, 3.05) is 5.32 Å². The van der Waals surface area contributed by atoms with Crippen LogP contribution < -0.4 is 5.32 Å². The molecule has 1 N–H and O–H groups in total. The summed E-state index contributed by atoms with van der Waals surface area (Å²) in [6, 6.07) is 9.78. The molecule has 0 saturated heterocycles. The number of hydrogen-bond donors (Lipinski definition) is 1. The van der Waals surface area contributed by atoms with Gasteiger partial charge < -0.3 is 9.88 Å². The van der Waals surface area contributed by atoms with E-state index in [4.69, 9.17) is 0 Å². The van der Waals surface area contributed by atoms with Crippen LogP contribution in [0.3, 0.4) is 0 Å². The van der Waals surface area contributed by atoms with Crippen LogP contribution in [0.5, 0.6) is 0 Å². The van der Waals surface area contributed by atoms with E-state index in [-0.39, 0.29) is 5.91 Å². The standard InChI is InChI=1S/C19H22N4O/c1-3-12-23-14(2)21-17-13-16(5-6-18(17)23)22-19(24)7-4-15-8-10-20-11-9-15/h5-6,8-11,13H,3-4,7,12H2,1-2H3,(H,22,24). The highest BCUT2D eigenvalue weighted by Gasteiger charge is 2.09. The number of aryl methyl sites for hydroxylation is 3. The molecule has 0 fully saturated rings. The Morgan fingerprint density at radius 2 is 2.00 bits per heavy atom. The first-order valence-electron chi connectivity index (χ1n) is 8.33. The number of fused-ring (bicyclic) bond motifs is 1. The van der Waals surface area contributed by atoms with E-state index in [1.807, 2.05) is 37.3 Å². The van der Waals surface area contributed by atoms with Gasteiger partial charge >= 0.3 is 0 Å². The summed E-state index contributed by atoms with van der Waals surface area (Å²) in [6.45, 7) is 5.13. The summed E-state index contributed by atoms with van der Waals surface area (Å²) in [5, 5.41) is 2.96. The second kappa shape index (κ2) is 7.25. The van der Waals surface area contributed by atoms with Crippen molar-refractivity contribution < 1.29 is 4.79 Å². The van der Waals surface area contributed by atoms with Crippen LogP contribution in [0.25, 0.3) is 11.0 Å². The fraction of sp³-hybridized carbons (Fsp3) is 0.316. The minimum absolute atomic E-state index is 0.0101. The third-order valence-electron chi connectivity index (χ3n) is 4.06. The van der Waals surface area contributed by atoms with Gasteiger partial charge in [-0.25, -0.2) is 4.98 Å². The predicted molar refractivity (Wildman–Crippen MR) is 95.9 cm³/mol. The number of rotatable bonds is 6. The molecular formula is C19H22N4O. The molecule has 0 saturated carbocycles. The summed E-state index contributed by atoms with van der Waals surface area (Å²) in [5.74, 6) is 1.02. The molecule has 0 bridgehead atoms. The van der Waals surface area contributed by atoms with Crippen LogP contribution in [0.4, 0.5) is 5.69 Å². The zero-order valence-corrected chi connectivity index (χ0v) is 14.1. The lowest BCUT2D eigenvalue weighted by Gasteiger charge is -2.07. The van der Waals surface area contributed by atoms with Crippen LogP contribution in [-0.2, 0) is 17.8 Å². The van der Waals surface area contributed by atoms with Crippen molar-refractivity contribution in [3.63, 3.8) is 0 Å². The minimum atomic E-state index is 0.0101. The van der Waals surface area contributed by atoms with Crippen LogP contribution in [0.1, 0.15) is 31.2 Å². The summed E-state index contributed by atoms with van der Waals surface area (Å²) in [4.78, 5) is 20.7. The average Bonchev–Trinajstić information content (AvgIpc) is 2.89. The second-order valence-electron chi connectivity index (χ2n) is 5.92. The fourth-order valence-electron chi connectivity index (χ4n) is 2.86. The normalized spacial score (nSPS) is 10.9. The molecule has 3 aromatic rings. The fourth-order valence-corrected chi connectivity index (χ4v) is 2.86. The minimum Gasteiger partial charge on any atom is -0.328 e. The van der Waals surface area contributed by atoms with Gasteiger partial charge in [0.05, 0.1) is 11.0 Å². The van der Waals surface area contributed by atoms with Gasteiger partial charge in [-0.2, -0.15) is 0 Å². The average molecular weight is 322 g/mol. The van der Waals surface area contributed by atoms with Crippen LogP contribution in [0.15, 0.2) is 42.7 Å². The van der Waals surface area contributed by atoms with E-state index in [1.54, 1.807) is 12.4 Å². The Morgan fingerprint density at radius 1 is 1.21 bits per heavy atom. The third-order valence-corrected chi connectivity index (χ3v) is 4.06. The molecule has 1 amide bonds. The lowest BCUT2D eigenvalue weighted by Crippen LogP contribution is -2.12. The van der Waals surface area contributed by atoms with Crippen LogP contribution >= 0.6 is 0 Å². The number of nitrogens with zero attached hydrogens (tertiary/aromatic N) is 3. The number of carbonyl (C=O) groups is 1. The summed E-state index contributed by atoms with van der Waals surface area (Å²) in [7, 11) is 0. The summed E-state index contributed by atoms with van der Waals surface area (Å²) in [5.41, 5.74) is 3.95. The maximum Gasteiger partial charge on any atom is 0.224 e. The van der Waals surface area contributed by atoms with Gasteiger partial charge in [0.1, 0.15) is 5.82 Å². The van der Waals surface area contributed by atoms with Gasteiger partial charge in [-0.05, 0) is 55.7 Å². The van der Waals surface area contributed by atoms with E-state index in [1.165, 1.54) is 0 Å². The maximum absolute atomic E-state index is 12.1. The van der Waals surface area contributed by atoms with Crippen LogP contribution in [0, 0.1) is 6.92 Å². The number of aromatic nitrogens is 3. The number of amides is 1. The van der Waals surface area contributed by atoms with Gasteiger partial charge in [0.25, 0.3) is 0 Å². The van der Waals surface area contributed by atoms with Gasteiger partial charge in [-0.15, -0.1) is 0 Å². The third kappa shape index (κ3) is 3.62. The van der Waals surface area contributed by atoms with Gasteiger partial charge in [-0.3, -0.25) is 9.78 Å². The summed E-state index contributed by atoms with van der Waals surface area (Å²) >= 11 is 0. The van der Waals surface area contributed by atoms with Crippen molar-refractivity contribution in [2.24, 2.45) is 0 Å². The maximum atomic E-state index is 12.1. The Hall–Kier alpha value is -2.69. The number of pyridine rings is 1. The molecule has 5 nitrogen and oxygen atoms in total. The van der Waals surface area contributed by atoms with Crippen molar-refractivity contribution >= 4 is 22.6 Å². The van der Waals surface area contributed by atoms with E-state index in [0.717, 1.165) is 41.1 Å². The number of benzene rings is 1. The molecule has 2 heterocycles. The smallest absolute Gasteiger partial charge is 0.224 e. The Morgan fingerprint density at radius 3 is 2.75 bits per heavy atom.